The van der Waals surface area contributed by atoms with Gasteiger partial charge in [0.15, 0.2) is 0 Å². The van der Waals surface area contributed by atoms with Gasteiger partial charge in [-0.25, -0.2) is 4.79 Å². The normalized spacial score (nSPS) is 14.3. The number of nitrogens with zero attached hydrogens (tertiary/aromatic N) is 1. The molecule has 10 nitrogen and oxygen atoms in total. The monoisotopic (exact) mass is 534 g/mol. The molecule has 0 saturated carbocycles. The van der Waals surface area contributed by atoms with E-state index in [1.807, 2.05) is 27.7 Å². The molecule has 0 heterocycles. The summed E-state index contributed by atoms with van der Waals surface area (Å²) in [6.07, 6.45) is -0.0218. The Kier molecular flexibility index (Phi) is 11.6. The van der Waals surface area contributed by atoms with Crippen LogP contribution in [0.25, 0.3) is 0 Å². The van der Waals surface area contributed by atoms with Crippen molar-refractivity contribution in [1.82, 2.24) is 15.5 Å². The number of hydrogen-bond acceptors (Lipinski definition) is 6. The Morgan fingerprint density at radius 2 is 1.53 bits per heavy atom. The molecule has 0 aliphatic carbocycles. The van der Waals surface area contributed by atoms with Gasteiger partial charge >= 0.3 is 6.09 Å². The van der Waals surface area contributed by atoms with Crippen molar-refractivity contribution in [1.29, 1.82) is 0 Å². The second-order valence-electron chi connectivity index (χ2n) is 12.2. The van der Waals surface area contributed by atoms with E-state index in [9.17, 15) is 24.3 Å². The summed E-state index contributed by atoms with van der Waals surface area (Å²) in [4.78, 5) is 53.8. The van der Waals surface area contributed by atoms with Crippen LogP contribution in [0, 0.1) is 5.92 Å². The Hall–Kier alpha value is -3.30. The van der Waals surface area contributed by atoms with E-state index in [2.05, 4.69) is 24.5 Å². The van der Waals surface area contributed by atoms with E-state index in [-0.39, 0.29) is 5.75 Å². The summed E-state index contributed by atoms with van der Waals surface area (Å²) in [5, 5.41) is 15.3. The van der Waals surface area contributed by atoms with Crippen LogP contribution >= 0.6 is 0 Å². The molecule has 1 rings (SSSR count). The van der Waals surface area contributed by atoms with Gasteiger partial charge in [-0.1, -0.05) is 26.0 Å². The Balaban J connectivity index is 3.65. The predicted octanol–water partition coefficient (Wildman–Crippen LogP) is 3.77. The summed E-state index contributed by atoms with van der Waals surface area (Å²) in [6.45, 7) is 16.5. The maximum atomic E-state index is 14.1. The third-order valence-electron chi connectivity index (χ3n) is 5.52. The van der Waals surface area contributed by atoms with Crippen LogP contribution in [0.4, 0.5) is 4.79 Å². The standard InChI is InChI=1S/C28H46N4O6/c1-17(2)10-11-18(3)32(25(36)21(16-22(29)34)30-26(37)38-28(7,8)9)23(24(35)31-27(4,5)6)19-12-14-20(33)15-13-19/h12-15,17-18,21,23,33H,10-11,16H2,1-9H3,(H2,29,34)(H,30,37)(H,31,35). The van der Waals surface area contributed by atoms with E-state index >= 15 is 0 Å². The van der Waals surface area contributed by atoms with Crippen molar-refractivity contribution in [3.8, 4) is 5.75 Å². The molecule has 5 N–H and O–H groups in total. The fraction of sp³-hybridized carbons (Fsp3) is 0.643. The Labute approximate surface area is 226 Å². The molecule has 214 valence electrons. The average molecular weight is 535 g/mol. The second-order valence-corrected chi connectivity index (χ2v) is 12.2. The fourth-order valence-corrected chi connectivity index (χ4v) is 3.88. The highest BCUT2D eigenvalue weighted by atomic mass is 16.6. The first kappa shape index (κ1) is 32.7. The predicted molar refractivity (Wildman–Crippen MR) is 146 cm³/mol. The highest BCUT2D eigenvalue weighted by Crippen LogP contribution is 2.29. The highest BCUT2D eigenvalue weighted by Gasteiger charge is 2.40. The minimum Gasteiger partial charge on any atom is -0.508 e. The van der Waals surface area contributed by atoms with Crippen LogP contribution in [-0.4, -0.2) is 57.0 Å². The highest BCUT2D eigenvalue weighted by molar-refractivity contribution is 5.94. The van der Waals surface area contributed by atoms with Gasteiger partial charge in [0.05, 0.1) is 6.42 Å². The number of primary amides is 1. The van der Waals surface area contributed by atoms with E-state index in [0.29, 0.717) is 17.9 Å². The first-order valence-corrected chi connectivity index (χ1v) is 13.0. The number of benzene rings is 1. The molecule has 0 aromatic heterocycles. The number of rotatable bonds is 11. The van der Waals surface area contributed by atoms with Crippen LogP contribution in [0.2, 0.25) is 0 Å². The lowest BCUT2D eigenvalue weighted by Gasteiger charge is -2.39. The number of amides is 4. The summed E-state index contributed by atoms with van der Waals surface area (Å²) in [6, 6.07) is 3.10. The molecule has 0 aliphatic rings. The van der Waals surface area contributed by atoms with Gasteiger partial charge in [0.2, 0.25) is 17.7 Å². The summed E-state index contributed by atoms with van der Waals surface area (Å²) < 4.78 is 5.31. The van der Waals surface area contributed by atoms with Crippen LogP contribution in [0.15, 0.2) is 24.3 Å². The summed E-state index contributed by atoms with van der Waals surface area (Å²) in [5.74, 6) is -1.54. The van der Waals surface area contributed by atoms with E-state index < -0.39 is 59.5 Å². The number of aromatic hydroxyl groups is 1. The molecule has 3 atom stereocenters. The lowest BCUT2D eigenvalue weighted by Crippen LogP contribution is -2.57. The quantitative estimate of drug-likeness (QED) is 0.339. The first-order valence-electron chi connectivity index (χ1n) is 13.0. The van der Waals surface area contributed by atoms with Crippen molar-refractivity contribution in [2.24, 2.45) is 11.7 Å². The maximum Gasteiger partial charge on any atom is 0.408 e. The largest absolute Gasteiger partial charge is 0.508 e. The molecule has 10 heteroatoms. The van der Waals surface area contributed by atoms with Gasteiger partial charge in [-0.2, -0.15) is 0 Å². The zero-order chi connectivity index (χ0) is 29.4. The summed E-state index contributed by atoms with van der Waals surface area (Å²) in [7, 11) is 0. The first-order chi connectivity index (χ1) is 17.3. The second kappa shape index (κ2) is 13.5. The molecular formula is C28H46N4O6. The van der Waals surface area contributed by atoms with Crippen LogP contribution in [0.1, 0.15) is 93.2 Å². The van der Waals surface area contributed by atoms with E-state index in [0.717, 1.165) is 6.42 Å². The molecular weight excluding hydrogens is 488 g/mol. The third kappa shape index (κ3) is 11.4. The fourth-order valence-electron chi connectivity index (χ4n) is 3.88. The SMILES string of the molecule is CC(C)CCC(C)N(C(=O)C(CC(N)=O)NC(=O)OC(C)(C)C)C(C(=O)NC(C)(C)C)c1ccc(O)cc1. The number of alkyl carbamates (subject to hydrolysis) is 1. The summed E-state index contributed by atoms with van der Waals surface area (Å²) in [5.41, 5.74) is 4.46. The molecule has 0 saturated heterocycles. The average Bonchev–Trinajstić information content (AvgIpc) is 2.72. The van der Waals surface area contributed by atoms with Crippen LogP contribution in [0.5, 0.6) is 5.75 Å². The number of phenolic OH excluding ortho intramolecular Hbond substituents is 1. The van der Waals surface area contributed by atoms with Gasteiger partial charge in [-0.05, 0) is 84.9 Å². The number of nitrogens with two attached hydrogens (primary N) is 1. The zero-order valence-electron chi connectivity index (χ0n) is 24.3. The molecule has 1 aromatic carbocycles. The molecule has 0 bridgehead atoms. The van der Waals surface area contributed by atoms with Crippen LogP contribution in [0.3, 0.4) is 0 Å². The lowest BCUT2D eigenvalue weighted by atomic mass is 9.96. The van der Waals surface area contributed by atoms with Gasteiger partial charge in [-0.3, -0.25) is 14.4 Å². The molecule has 1 aromatic rings. The van der Waals surface area contributed by atoms with Crippen molar-refractivity contribution in [2.45, 2.75) is 111 Å². The van der Waals surface area contributed by atoms with E-state index in [1.54, 1.807) is 32.9 Å². The minimum absolute atomic E-state index is 0.00709. The van der Waals surface area contributed by atoms with Crippen molar-refractivity contribution in [3.63, 3.8) is 0 Å². The van der Waals surface area contributed by atoms with E-state index in [4.69, 9.17) is 10.5 Å². The van der Waals surface area contributed by atoms with Crippen molar-refractivity contribution in [3.05, 3.63) is 29.8 Å². The number of phenols is 1. The van der Waals surface area contributed by atoms with Crippen molar-refractivity contribution in [2.75, 3.05) is 0 Å². The van der Waals surface area contributed by atoms with Gasteiger partial charge in [0.25, 0.3) is 0 Å². The minimum atomic E-state index is -1.36. The molecule has 0 aliphatic heterocycles. The number of carbonyl (C=O) groups excluding carboxylic acids is 4. The topological polar surface area (TPSA) is 151 Å². The molecule has 3 unspecified atom stereocenters. The van der Waals surface area contributed by atoms with E-state index in [1.165, 1.54) is 17.0 Å². The molecule has 38 heavy (non-hydrogen) atoms. The third-order valence-corrected chi connectivity index (χ3v) is 5.52. The number of ether oxygens (including phenoxy) is 1. The molecule has 4 amide bonds. The van der Waals surface area contributed by atoms with Crippen molar-refractivity contribution >= 4 is 23.8 Å². The van der Waals surface area contributed by atoms with Gasteiger partial charge in [0, 0.05) is 11.6 Å². The van der Waals surface area contributed by atoms with Crippen molar-refractivity contribution < 1.29 is 29.0 Å². The molecule has 0 radical (unpaired) electrons. The number of nitrogens with one attached hydrogen (secondary N) is 2. The van der Waals surface area contributed by atoms with Gasteiger partial charge in [0.1, 0.15) is 23.4 Å². The lowest BCUT2D eigenvalue weighted by molar-refractivity contribution is -0.146. The smallest absolute Gasteiger partial charge is 0.408 e. The number of hydrogen-bond donors (Lipinski definition) is 4. The van der Waals surface area contributed by atoms with Gasteiger partial charge in [-0.15, -0.1) is 0 Å². The van der Waals surface area contributed by atoms with Crippen LogP contribution < -0.4 is 16.4 Å². The van der Waals surface area contributed by atoms with Gasteiger partial charge < -0.3 is 31.1 Å². The summed E-state index contributed by atoms with van der Waals surface area (Å²) >= 11 is 0. The number of carbonyl (C=O) groups is 4. The molecule has 0 fully saturated rings. The molecule has 0 spiro atoms. The van der Waals surface area contributed by atoms with Crippen LogP contribution in [-0.2, 0) is 19.1 Å². The maximum absolute atomic E-state index is 14.1. The Morgan fingerprint density at radius 3 is 1.97 bits per heavy atom. The Bertz CT molecular complexity index is 963. The Morgan fingerprint density at radius 1 is 0.974 bits per heavy atom. The zero-order valence-corrected chi connectivity index (χ0v) is 24.3.